The van der Waals surface area contributed by atoms with Crippen molar-refractivity contribution in [2.75, 3.05) is 5.75 Å². The molecule has 2 heterocycles. The smallest absolute Gasteiger partial charge is 0.227 e. The Bertz CT molecular complexity index is 692. The quantitative estimate of drug-likeness (QED) is 0.852. The zero-order valence-corrected chi connectivity index (χ0v) is 14.5. The molecular weight excluding hydrogens is 316 g/mol. The van der Waals surface area contributed by atoms with E-state index in [1.165, 1.54) is 40.6 Å². The van der Waals surface area contributed by atoms with Crippen molar-refractivity contribution in [2.45, 2.75) is 44.8 Å². The van der Waals surface area contributed by atoms with Gasteiger partial charge in [0.2, 0.25) is 5.91 Å². The molecule has 1 amide bonds. The van der Waals surface area contributed by atoms with E-state index < -0.39 is 0 Å². The van der Waals surface area contributed by atoms with E-state index in [2.05, 4.69) is 34.0 Å². The van der Waals surface area contributed by atoms with Gasteiger partial charge < -0.3 is 10.3 Å². The predicted molar refractivity (Wildman–Crippen MR) is 90.1 cm³/mol. The second kappa shape index (κ2) is 6.42. The van der Waals surface area contributed by atoms with E-state index in [1.807, 2.05) is 11.3 Å². The molecule has 5 nitrogen and oxygen atoms in total. The lowest BCUT2D eigenvalue weighted by Gasteiger charge is -2.19. The van der Waals surface area contributed by atoms with Crippen LogP contribution in [0.15, 0.2) is 10.5 Å². The van der Waals surface area contributed by atoms with Gasteiger partial charge in [-0.05, 0) is 37.7 Å². The third-order valence-electron chi connectivity index (χ3n) is 4.02. The van der Waals surface area contributed by atoms with Gasteiger partial charge in [0.1, 0.15) is 0 Å². The molecule has 1 aliphatic rings. The van der Waals surface area contributed by atoms with Crippen LogP contribution in [-0.4, -0.2) is 26.4 Å². The van der Waals surface area contributed by atoms with Crippen molar-refractivity contribution in [1.29, 1.82) is 0 Å². The van der Waals surface area contributed by atoms with Crippen LogP contribution in [0.1, 0.15) is 30.7 Å². The number of primary amides is 1. The van der Waals surface area contributed by atoms with Gasteiger partial charge in [0, 0.05) is 22.4 Å². The summed E-state index contributed by atoms with van der Waals surface area (Å²) in [5.41, 5.74) is 7.88. The summed E-state index contributed by atoms with van der Waals surface area (Å²) in [6.45, 7) is 5.17. The maximum atomic E-state index is 11.0. The van der Waals surface area contributed by atoms with Crippen LogP contribution in [0.4, 0.5) is 0 Å². The SMILES string of the molecule is CCn1c(SCC(N)=O)nnc1-c1csc2c1CC[C@@H](C)C2. The van der Waals surface area contributed by atoms with Gasteiger partial charge in [0.25, 0.3) is 0 Å². The summed E-state index contributed by atoms with van der Waals surface area (Å²) in [4.78, 5) is 12.5. The summed E-state index contributed by atoms with van der Waals surface area (Å²) >= 11 is 3.19. The van der Waals surface area contributed by atoms with Crippen molar-refractivity contribution in [1.82, 2.24) is 14.8 Å². The number of thiophene rings is 1. The highest BCUT2D eigenvalue weighted by Crippen LogP contribution is 2.38. The van der Waals surface area contributed by atoms with Crippen molar-refractivity contribution in [3.05, 3.63) is 15.8 Å². The molecule has 0 aromatic carbocycles. The van der Waals surface area contributed by atoms with Crippen molar-refractivity contribution in [3.63, 3.8) is 0 Å². The summed E-state index contributed by atoms with van der Waals surface area (Å²) in [5.74, 6) is 1.59. The van der Waals surface area contributed by atoms with Crippen LogP contribution in [0, 0.1) is 5.92 Å². The molecule has 2 N–H and O–H groups in total. The molecule has 0 radical (unpaired) electrons. The van der Waals surface area contributed by atoms with Crippen LogP contribution in [0.25, 0.3) is 11.4 Å². The fourth-order valence-corrected chi connectivity index (χ4v) is 4.86. The third kappa shape index (κ3) is 2.92. The van der Waals surface area contributed by atoms with Crippen molar-refractivity contribution < 1.29 is 4.79 Å². The number of nitrogens with two attached hydrogens (primary N) is 1. The Balaban J connectivity index is 1.94. The summed E-state index contributed by atoms with van der Waals surface area (Å²) in [7, 11) is 0. The highest BCUT2D eigenvalue weighted by atomic mass is 32.2. The molecule has 3 rings (SSSR count). The minimum absolute atomic E-state index is 0.234. The Morgan fingerprint density at radius 3 is 3.09 bits per heavy atom. The Morgan fingerprint density at radius 2 is 2.36 bits per heavy atom. The molecule has 0 fully saturated rings. The molecule has 2 aromatic heterocycles. The minimum Gasteiger partial charge on any atom is -0.369 e. The van der Waals surface area contributed by atoms with E-state index in [0.717, 1.165) is 29.9 Å². The predicted octanol–water partition coefficient (Wildman–Crippen LogP) is 2.73. The number of hydrogen-bond acceptors (Lipinski definition) is 5. The first kappa shape index (κ1) is 15.6. The number of carbonyl (C=O) groups is 1. The molecule has 0 spiro atoms. The van der Waals surface area contributed by atoms with Gasteiger partial charge in [-0.25, -0.2) is 0 Å². The second-order valence-corrected chi connectivity index (χ2v) is 7.61. The van der Waals surface area contributed by atoms with E-state index in [9.17, 15) is 4.79 Å². The normalized spacial score (nSPS) is 17.5. The van der Waals surface area contributed by atoms with Crippen LogP contribution in [0.2, 0.25) is 0 Å². The zero-order chi connectivity index (χ0) is 15.7. The number of carbonyl (C=O) groups excluding carboxylic acids is 1. The lowest BCUT2D eigenvalue weighted by Crippen LogP contribution is -2.14. The molecule has 0 unspecified atom stereocenters. The van der Waals surface area contributed by atoms with Gasteiger partial charge in [0.15, 0.2) is 11.0 Å². The molecular formula is C15H20N4OS2. The average molecular weight is 336 g/mol. The molecule has 7 heteroatoms. The van der Waals surface area contributed by atoms with Crippen LogP contribution in [0.3, 0.4) is 0 Å². The van der Waals surface area contributed by atoms with Crippen LogP contribution in [-0.2, 0) is 24.2 Å². The van der Waals surface area contributed by atoms with Gasteiger partial charge in [0.05, 0.1) is 5.75 Å². The maximum absolute atomic E-state index is 11.0. The highest BCUT2D eigenvalue weighted by Gasteiger charge is 2.24. The largest absolute Gasteiger partial charge is 0.369 e. The number of nitrogens with zero attached hydrogens (tertiary/aromatic N) is 3. The monoisotopic (exact) mass is 336 g/mol. The molecule has 1 atom stereocenters. The summed E-state index contributed by atoms with van der Waals surface area (Å²) < 4.78 is 2.08. The number of rotatable bonds is 5. The standard InChI is InChI=1S/C15H20N4OS2/c1-3-19-14(17-18-15(19)22-8-13(16)20)11-7-21-12-6-9(2)4-5-10(11)12/h7,9H,3-6,8H2,1-2H3,(H2,16,20)/t9-/m1/s1. The van der Waals surface area contributed by atoms with Crippen molar-refractivity contribution >= 4 is 29.0 Å². The lowest BCUT2D eigenvalue weighted by molar-refractivity contribution is -0.115. The van der Waals surface area contributed by atoms with E-state index in [0.29, 0.717) is 0 Å². The number of hydrogen-bond donors (Lipinski definition) is 1. The van der Waals surface area contributed by atoms with Gasteiger partial charge >= 0.3 is 0 Å². The molecule has 1 aliphatic carbocycles. The maximum Gasteiger partial charge on any atom is 0.227 e. The highest BCUT2D eigenvalue weighted by molar-refractivity contribution is 7.99. The lowest BCUT2D eigenvalue weighted by atomic mass is 9.88. The van der Waals surface area contributed by atoms with Crippen molar-refractivity contribution in [2.24, 2.45) is 11.7 Å². The van der Waals surface area contributed by atoms with E-state index in [-0.39, 0.29) is 11.7 Å². The van der Waals surface area contributed by atoms with E-state index >= 15 is 0 Å². The van der Waals surface area contributed by atoms with Gasteiger partial charge in [-0.3, -0.25) is 4.79 Å². The topological polar surface area (TPSA) is 73.8 Å². The van der Waals surface area contributed by atoms with Gasteiger partial charge in [-0.15, -0.1) is 21.5 Å². The first-order chi connectivity index (χ1) is 10.6. The summed E-state index contributed by atoms with van der Waals surface area (Å²) in [6, 6.07) is 0. The van der Waals surface area contributed by atoms with Crippen LogP contribution >= 0.6 is 23.1 Å². The molecule has 0 saturated carbocycles. The molecule has 0 saturated heterocycles. The van der Waals surface area contributed by atoms with Gasteiger partial charge in [-0.1, -0.05) is 18.7 Å². The third-order valence-corrected chi connectivity index (χ3v) is 6.06. The second-order valence-electron chi connectivity index (χ2n) is 5.70. The summed E-state index contributed by atoms with van der Waals surface area (Å²) in [6.07, 6.45) is 3.53. The van der Waals surface area contributed by atoms with Crippen LogP contribution < -0.4 is 5.73 Å². The molecule has 22 heavy (non-hydrogen) atoms. The first-order valence-corrected chi connectivity index (χ1v) is 9.40. The van der Waals surface area contributed by atoms with E-state index in [1.54, 1.807) is 0 Å². The Morgan fingerprint density at radius 1 is 1.55 bits per heavy atom. The molecule has 118 valence electrons. The fraction of sp³-hybridized carbons (Fsp3) is 0.533. The molecule has 2 aromatic rings. The minimum atomic E-state index is -0.334. The number of fused-ring (bicyclic) bond motifs is 1. The fourth-order valence-electron chi connectivity index (χ4n) is 2.88. The van der Waals surface area contributed by atoms with Crippen LogP contribution in [0.5, 0.6) is 0 Å². The zero-order valence-electron chi connectivity index (χ0n) is 12.8. The average Bonchev–Trinajstić information content (AvgIpc) is 3.07. The summed E-state index contributed by atoms with van der Waals surface area (Å²) in [5, 5.41) is 11.6. The Kier molecular flexibility index (Phi) is 4.54. The van der Waals surface area contributed by atoms with Gasteiger partial charge in [-0.2, -0.15) is 0 Å². The Labute approximate surface area is 138 Å². The number of amides is 1. The number of thioether (sulfide) groups is 1. The molecule has 0 aliphatic heterocycles. The Hall–Kier alpha value is -1.34. The van der Waals surface area contributed by atoms with Crippen molar-refractivity contribution in [3.8, 4) is 11.4 Å². The van der Waals surface area contributed by atoms with E-state index in [4.69, 9.17) is 5.73 Å². The molecule has 0 bridgehead atoms. The first-order valence-electron chi connectivity index (χ1n) is 7.54. The number of aromatic nitrogens is 3.